The summed E-state index contributed by atoms with van der Waals surface area (Å²) in [6, 6.07) is 13.8. The standard InChI is InChI=1S/C31H33FN6O3S/c1-19-12-20(2)18-37(17-19)30-25(32)7-9-27(36-30)26-8-6-23-15-33-24(14-28(23)35-26)16-34-31(39)22-5-4-21-10-11-38(29(21)13-22)42(3,40)41/h4-9,13-15,19-20H,10-12,16-18H2,1-3H3,(H,34,39)/t19-,20+. The number of anilines is 2. The molecule has 11 heteroatoms. The minimum Gasteiger partial charge on any atom is -0.354 e. The molecule has 2 atom stereocenters. The first kappa shape index (κ1) is 28.0. The largest absolute Gasteiger partial charge is 0.354 e. The fourth-order valence-corrected chi connectivity index (χ4v) is 6.99. The maximum atomic E-state index is 14.8. The lowest BCUT2D eigenvalue weighted by atomic mass is 9.92. The van der Waals surface area contributed by atoms with Crippen molar-refractivity contribution in [2.45, 2.75) is 33.2 Å². The molecule has 1 fully saturated rings. The van der Waals surface area contributed by atoms with Crippen LogP contribution in [0.5, 0.6) is 0 Å². The fourth-order valence-electron chi connectivity index (χ4n) is 6.04. The Hall–Kier alpha value is -4.12. The first-order valence-electron chi connectivity index (χ1n) is 14.1. The van der Waals surface area contributed by atoms with Gasteiger partial charge in [0, 0.05) is 36.8 Å². The quantitative estimate of drug-likeness (QED) is 0.352. The second-order valence-corrected chi connectivity index (χ2v) is 13.4. The SMILES string of the molecule is C[C@@H]1C[C@H](C)CN(c2nc(-c3ccc4cnc(CNC(=O)c5ccc6c(c5)N(S(C)(=O)=O)CC6)cc4n3)ccc2F)C1. The number of sulfonamides is 1. The van der Waals surface area contributed by atoms with E-state index in [0.29, 0.717) is 64.5 Å². The Balaban J connectivity index is 1.20. The number of carbonyl (C=O) groups is 1. The van der Waals surface area contributed by atoms with E-state index in [2.05, 4.69) is 29.1 Å². The van der Waals surface area contributed by atoms with Crippen LogP contribution in [0.15, 0.2) is 54.7 Å². The predicted molar refractivity (Wildman–Crippen MR) is 161 cm³/mol. The van der Waals surface area contributed by atoms with E-state index in [4.69, 9.17) is 4.98 Å². The second-order valence-electron chi connectivity index (χ2n) is 11.5. The summed E-state index contributed by atoms with van der Waals surface area (Å²) in [5, 5.41) is 3.70. The first-order valence-corrected chi connectivity index (χ1v) is 16.0. The first-order chi connectivity index (χ1) is 20.0. The molecule has 2 aliphatic rings. The van der Waals surface area contributed by atoms with Crippen LogP contribution in [0.2, 0.25) is 0 Å². The Bertz CT molecular complexity index is 1790. The number of benzene rings is 1. The van der Waals surface area contributed by atoms with Crippen molar-refractivity contribution in [3.05, 3.63) is 77.4 Å². The number of rotatable bonds is 6. The molecule has 42 heavy (non-hydrogen) atoms. The molecule has 1 N–H and O–H groups in total. The van der Waals surface area contributed by atoms with Crippen LogP contribution in [-0.2, 0) is 23.0 Å². The van der Waals surface area contributed by atoms with Gasteiger partial charge < -0.3 is 10.2 Å². The summed E-state index contributed by atoms with van der Waals surface area (Å²) in [7, 11) is -3.41. The van der Waals surface area contributed by atoms with Gasteiger partial charge in [0.2, 0.25) is 10.0 Å². The molecule has 218 valence electrons. The van der Waals surface area contributed by atoms with Gasteiger partial charge in [-0.2, -0.15) is 0 Å². The molecule has 0 radical (unpaired) electrons. The van der Waals surface area contributed by atoms with Crippen LogP contribution in [0, 0.1) is 17.7 Å². The van der Waals surface area contributed by atoms with Crippen molar-refractivity contribution < 1.29 is 17.6 Å². The van der Waals surface area contributed by atoms with Crippen molar-refractivity contribution in [3.63, 3.8) is 0 Å². The van der Waals surface area contributed by atoms with E-state index in [1.165, 1.54) is 16.6 Å². The van der Waals surface area contributed by atoms with Gasteiger partial charge in [-0.3, -0.25) is 14.1 Å². The van der Waals surface area contributed by atoms with E-state index in [1.54, 1.807) is 30.5 Å². The maximum Gasteiger partial charge on any atom is 0.251 e. The number of nitrogens with zero attached hydrogens (tertiary/aromatic N) is 5. The minimum atomic E-state index is -3.41. The average molecular weight is 589 g/mol. The molecule has 3 aromatic heterocycles. The van der Waals surface area contributed by atoms with E-state index >= 15 is 0 Å². The molecular formula is C31H33FN6O3S. The number of hydrogen-bond acceptors (Lipinski definition) is 7. The van der Waals surface area contributed by atoms with Gasteiger partial charge in [-0.05, 0) is 72.7 Å². The molecule has 1 amide bonds. The molecule has 0 unspecified atom stereocenters. The third-order valence-electron chi connectivity index (χ3n) is 7.92. The third kappa shape index (κ3) is 5.65. The topological polar surface area (TPSA) is 108 Å². The van der Waals surface area contributed by atoms with Gasteiger partial charge in [-0.25, -0.2) is 22.8 Å². The summed E-state index contributed by atoms with van der Waals surface area (Å²) in [6.07, 6.45) is 4.61. The number of carbonyl (C=O) groups excluding carboxylic acids is 1. The average Bonchev–Trinajstić information content (AvgIpc) is 3.39. The number of halogens is 1. The second kappa shape index (κ2) is 10.9. The zero-order valence-electron chi connectivity index (χ0n) is 23.8. The Morgan fingerprint density at radius 3 is 2.52 bits per heavy atom. The molecule has 2 aliphatic heterocycles. The zero-order valence-corrected chi connectivity index (χ0v) is 24.7. The zero-order chi connectivity index (χ0) is 29.6. The highest BCUT2D eigenvalue weighted by molar-refractivity contribution is 7.92. The van der Waals surface area contributed by atoms with Gasteiger partial charge in [0.15, 0.2) is 11.6 Å². The van der Waals surface area contributed by atoms with Gasteiger partial charge in [-0.15, -0.1) is 0 Å². The molecule has 1 saturated heterocycles. The van der Waals surface area contributed by atoms with E-state index in [-0.39, 0.29) is 18.3 Å². The monoisotopic (exact) mass is 588 g/mol. The molecule has 0 aliphatic carbocycles. The van der Waals surface area contributed by atoms with Crippen molar-refractivity contribution in [3.8, 4) is 11.4 Å². The number of aromatic nitrogens is 3. The van der Waals surface area contributed by atoms with Crippen molar-refractivity contribution in [2.75, 3.05) is 35.1 Å². The third-order valence-corrected chi connectivity index (χ3v) is 9.10. The summed E-state index contributed by atoms with van der Waals surface area (Å²) in [4.78, 5) is 28.9. The predicted octanol–water partition coefficient (Wildman–Crippen LogP) is 4.57. The fraction of sp³-hybridized carbons (Fsp3) is 0.355. The van der Waals surface area contributed by atoms with Gasteiger partial charge in [0.25, 0.3) is 5.91 Å². The molecule has 4 aromatic rings. The van der Waals surface area contributed by atoms with Gasteiger partial charge >= 0.3 is 0 Å². The molecule has 1 aromatic carbocycles. The highest BCUT2D eigenvalue weighted by Gasteiger charge is 2.27. The highest BCUT2D eigenvalue weighted by atomic mass is 32.2. The maximum absolute atomic E-state index is 14.8. The number of hydrogen-bond donors (Lipinski definition) is 1. The van der Waals surface area contributed by atoms with Crippen LogP contribution in [-0.4, -0.2) is 55.2 Å². The number of amides is 1. The van der Waals surface area contributed by atoms with Crippen molar-refractivity contribution >= 4 is 38.3 Å². The lowest BCUT2D eigenvalue weighted by Gasteiger charge is -2.36. The summed E-state index contributed by atoms with van der Waals surface area (Å²) >= 11 is 0. The lowest BCUT2D eigenvalue weighted by Crippen LogP contribution is -2.39. The van der Waals surface area contributed by atoms with E-state index < -0.39 is 10.0 Å². The van der Waals surface area contributed by atoms with Crippen LogP contribution >= 0.6 is 0 Å². The Labute approximate surface area is 244 Å². The van der Waals surface area contributed by atoms with Crippen LogP contribution in [0.3, 0.4) is 0 Å². The van der Waals surface area contributed by atoms with Gasteiger partial charge in [0.05, 0.1) is 41.1 Å². The van der Waals surface area contributed by atoms with Crippen LogP contribution < -0.4 is 14.5 Å². The summed E-state index contributed by atoms with van der Waals surface area (Å²) in [5.74, 6) is 0.626. The summed E-state index contributed by atoms with van der Waals surface area (Å²) < 4.78 is 40.4. The highest BCUT2D eigenvalue weighted by Crippen LogP contribution is 2.31. The molecule has 0 bridgehead atoms. The van der Waals surface area contributed by atoms with E-state index in [1.807, 2.05) is 23.1 Å². The van der Waals surface area contributed by atoms with E-state index in [0.717, 1.165) is 30.5 Å². The number of pyridine rings is 3. The molecular weight excluding hydrogens is 555 g/mol. The molecule has 5 heterocycles. The van der Waals surface area contributed by atoms with Crippen LogP contribution in [0.25, 0.3) is 22.3 Å². The lowest BCUT2D eigenvalue weighted by molar-refractivity contribution is 0.0950. The van der Waals surface area contributed by atoms with Gasteiger partial charge in [0.1, 0.15) is 0 Å². The van der Waals surface area contributed by atoms with Crippen LogP contribution in [0.4, 0.5) is 15.9 Å². The Morgan fingerprint density at radius 2 is 1.76 bits per heavy atom. The summed E-state index contributed by atoms with van der Waals surface area (Å²) in [6.45, 7) is 6.44. The van der Waals surface area contributed by atoms with Crippen molar-refractivity contribution in [1.29, 1.82) is 0 Å². The summed E-state index contributed by atoms with van der Waals surface area (Å²) in [5.41, 5.74) is 4.33. The van der Waals surface area contributed by atoms with Crippen molar-refractivity contribution in [1.82, 2.24) is 20.3 Å². The number of nitrogens with one attached hydrogen (secondary N) is 1. The van der Waals surface area contributed by atoms with Crippen molar-refractivity contribution in [2.24, 2.45) is 11.8 Å². The molecule has 0 spiro atoms. The number of piperidine rings is 1. The smallest absolute Gasteiger partial charge is 0.251 e. The van der Waals surface area contributed by atoms with Gasteiger partial charge in [-0.1, -0.05) is 19.9 Å². The molecule has 9 nitrogen and oxygen atoms in total. The molecule has 0 saturated carbocycles. The Morgan fingerprint density at radius 1 is 1.02 bits per heavy atom. The minimum absolute atomic E-state index is 0.165. The number of fused-ring (bicyclic) bond motifs is 2. The Kier molecular flexibility index (Phi) is 7.30. The van der Waals surface area contributed by atoms with E-state index in [9.17, 15) is 17.6 Å². The van der Waals surface area contributed by atoms with Crippen LogP contribution in [0.1, 0.15) is 41.9 Å². The normalized spacial score (nSPS) is 18.8. The molecule has 6 rings (SSSR count).